The molecule has 0 spiro atoms. The summed E-state index contributed by atoms with van der Waals surface area (Å²) < 4.78 is 5.37. The van der Waals surface area contributed by atoms with Crippen LogP contribution in [0, 0.1) is 0 Å². The van der Waals surface area contributed by atoms with Crippen LogP contribution in [-0.4, -0.2) is 30.3 Å². The van der Waals surface area contributed by atoms with Crippen molar-refractivity contribution in [2.75, 3.05) is 19.0 Å². The molecular formula is C10H23NOS. The number of nitrogens with two attached hydrogens (primary N) is 1. The molecule has 2 N–H and O–H groups in total. The molecule has 13 heavy (non-hydrogen) atoms. The molecule has 0 radical (unpaired) electrons. The standard InChI is InChI=1S/C10H23NOS/c1-4-6-12-7-10(11)8-13-9(3)5-2/h9-10H,4-8,11H2,1-3H3. The van der Waals surface area contributed by atoms with Gasteiger partial charge in [-0.2, -0.15) is 11.8 Å². The summed E-state index contributed by atoms with van der Waals surface area (Å²) in [5.74, 6) is 1.01. The van der Waals surface area contributed by atoms with Crippen molar-refractivity contribution in [1.29, 1.82) is 0 Å². The minimum Gasteiger partial charge on any atom is -0.380 e. The summed E-state index contributed by atoms with van der Waals surface area (Å²) in [6, 6.07) is 0.200. The van der Waals surface area contributed by atoms with Crippen LogP contribution in [-0.2, 0) is 4.74 Å². The second kappa shape index (κ2) is 8.85. The van der Waals surface area contributed by atoms with E-state index in [1.54, 1.807) is 0 Å². The van der Waals surface area contributed by atoms with Gasteiger partial charge in [-0.15, -0.1) is 0 Å². The van der Waals surface area contributed by atoms with E-state index in [-0.39, 0.29) is 6.04 Å². The van der Waals surface area contributed by atoms with E-state index in [0.717, 1.165) is 24.0 Å². The molecule has 0 saturated heterocycles. The Morgan fingerprint density at radius 1 is 1.38 bits per heavy atom. The van der Waals surface area contributed by atoms with Crippen LogP contribution in [0.5, 0.6) is 0 Å². The summed E-state index contributed by atoms with van der Waals surface area (Å²) in [6.07, 6.45) is 2.29. The third-order valence-electron chi connectivity index (χ3n) is 1.85. The van der Waals surface area contributed by atoms with Crippen LogP contribution < -0.4 is 5.73 Å². The van der Waals surface area contributed by atoms with E-state index >= 15 is 0 Å². The summed E-state index contributed by atoms with van der Waals surface area (Å²) in [5.41, 5.74) is 5.87. The van der Waals surface area contributed by atoms with Gasteiger partial charge in [0.2, 0.25) is 0 Å². The van der Waals surface area contributed by atoms with Crippen molar-refractivity contribution in [1.82, 2.24) is 0 Å². The van der Waals surface area contributed by atoms with E-state index in [1.807, 2.05) is 11.8 Å². The molecule has 2 atom stereocenters. The fourth-order valence-corrected chi connectivity index (χ4v) is 1.74. The Morgan fingerprint density at radius 2 is 2.08 bits per heavy atom. The van der Waals surface area contributed by atoms with Crippen LogP contribution in [0.3, 0.4) is 0 Å². The highest BCUT2D eigenvalue weighted by atomic mass is 32.2. The van der Waals surface area contributed by atoms with Gasteiger partial charge in [-0.3, -0.25) is 0 Å². The SMILES string of the molecule is CCCOCC(N)CSC(C)CC. The quantitative estimate of drug-likeness (QED) is 0.617. The summed E-state index contributed by atoms with van der Waals surface area (Å²) in [7, 11) is 0. The van der Waals surface area contributed by atoms with Crippen molar-refractivity contribution in [2.24, 2.45) is 5.73 Å². The lowest BCUT2D eigenvalue weighted by Gasteiger charge is -2.14. The van der Waals surface area contributed by atoms with Crippen LogP contribution in [0.1, 0.15) is 33.6 Å². The van der Waals surface area contributed by atoms with E-state index in [4.69, 9.17) is 10.5 Å². The second-order valence-corrected chi connectivity index (χ2v) is 4.86. The lowest BCUT2D eigenvalue weighted by atomic mass is 10.4. The fraction of sp³-hybridized carbons (Fsp3) is 1.00. The van der Waals surface area contributed by atoms with E-state index < -0.39 is 0 Å². The largest absolute Gasteiger partial charge is 0.380 e. The lowest BCUT2D eigenvalue weighted by Crippen LogP contribution is -2.29. The van der Waals surface area contributed by atoms with E-state index in [0.29, 0.717) is 6.61 Å². The molecule has 80 valence electrons. The molecule has 0 aromatic heterocycles. The average molecular weight is 205 g/mol. The van der Waals surface area contributed by atoms with Gasteiger partial charge in [-0.05, 0) is 12.8 Å². The number of thioether (sulfide) groups is 1. The molecule has 0 aliphatic heterocycles. The predicted octanol–water partition coefficient (Wildman–Crippen LogP) is 2.27. The third kappa shape index (κ3) is 8.60. The zero-order valence-corrected chi connectivity index (χ0v) is 9.90. The molecule has 2 unspecified atom stereocenters. The second-order valence-electron chi connectivity index (χ2n) is 3.39. The highest BCUT2D eigenvalue weighted by Gasteiger charge is 2.05. The monoisotopic (exact) mass is 205 g/mol. The van der Waals surface area contributed by atoms with Gasteiger partial charge >= 0.3 is 0 Å². The van der Waals surface area contributed by atoms with Crippen LogP contribution in [0.2, 0.25) is 0 Å². The number of rotatable bonds is 8. The van der Waals surface area contributed by atoms with E-state index in [1.165, 1.54) is 6.42 Å². The van der Waals surface area contributed by atoms with Crippen LogP contribution in [0.25, 0.3) is 0 Å². The van der Waals surface area contributed by atoms with Crippen molar-refractivity contribution >= 4 is 11.8 Å². The number of hydrogen-bond acceptors (Lipinski definition) is 3. The van der Waals surface area contributed by atoms with Crippen molar-refractivity contribution in [2.45, 2.75) is 44.9 Å². The highest BCUT2D eigenvalue weighted by molar-refractivity contribution is 7.99. The van der Waals surface area contributed by atoms with E-state index in [9.17, 15) is 0 Å². The topological polar surface area (TPSA) is 35.2 Å². The molecule has 0 rings (SSSR count). The third-order valence-corrected chi connectivity index (χ3v) is 3.37. The first-order chi connectivity index (χ1) is 6.20. The Bertz CT molecular complexity index is 111. The van der Waals surface area contributed by atoms with Crippen LogP contribution in [0.4, 0.5) is 0 Å². The van der Waals surface area contributed by atoms with Gasteiger partial charge in [-0.25, -0.2) is 0 Å². The molecule has 0 aliphatic rings. The maximum absolute atomic E-state index is 5.87. The normalized spacial score (nSPS) is 15.7. The fourth-order valence-electron chi connectivity index (χ4n) is 0.833. The minimum absolute atomic E-state index is 0.200. The van der Waals surface area contributed by atoms with Crippen LogP contribution in [0.15, 0.2) is 0 Å². The summed E-state index contributed by atoms with van der Waals surface area (Å²) in [4.78, 5) is 0. The number of hydrogen-bond donors (Lipinski definition) is 1. The molecule has 0 saturated carbocycles. The summed E-state index contributed by atoms with van der Waals surface area (Å²) in [5, 5.41) is 0.720. The summed E-state index contributed by atoms with van der Waals surface area (Å²) >= 11 is 1.94. The maximum Gasteiger partial charge on any atom is 0.0625 e. The smallest absolute Gasteiger partial charge is 0.0625 e. The first kappa shape index (κ1) is 13.3. The van der Waals surface area contributed by atoms with E-state index in [2.05, 4.69) is 20.8 Å². The molecule has 2 nitrogen and oxygen atoms in total. The molecule has 0 fully saturated rings. The highest BCUT2D eigenvalue weighted by Crippen LogP contribution is 2.13. The molecule has 0 bridgehead atoms. The first-order valence-electron chi connectivity index (χ1n) is 5.15. The Kier molecular flexibility index (Phi) is 9.03. The Hall–Kier alpha value is 0.270. The summed E-state index contributed by atoms with van der Waals surface area (Å²) in [6.45, 7) is 8.10. The average Bonchev–Trinajstić information content (AvgIpc) is 2.14. The maximum atomic E-state index is 5.87. The van der Waals surface area contributed by atoms with Gasteiger partial charge in [0, 0.05) is 23.7 Å². The molecular weight excluding hydrogens is 182 g/mol. The molecule has 0 aliphatic carbocycles. The molecule has 3 heteroatoms. The van der Waals surface area contributed by atoms with Crippen molar-refractivity contribution < 1.29 is 4.74 Å². The van der Waals surface area contributed by atoms with Gasteiger partial charge in [0.15, 0.2) is 0 Å². The Morgan fingerprint density at radius 3 is 2.62 bits per heavy atom. The van der Waals surface area contributed by atoms with Crippen LogP contribution >= 0.6 is 11.8 Å². The van der Waals surface area contributed by atoms with Crippen molar-refractivity contribution in [3.8, 4) is 0 Å². The van der Waals surface area contributed by atoms with Gasteiger partial charge in [-0.1, -0.05) is 20.8 Å². The molecule has 0 aromatic rings. The molecule has 0 amide bonds. The lowest BCUT2D eigenvalue weighted by molar-refractivity contribution is 0.126. The van der Waals surface area contributed by atoms with Gasteiger partial charge < -0.3 is 10.5 Å². The van der Waals surface area contributed by atoms with Crippen molar-refractivity contribution in [3.05, 3.63) is 0 Å². The first-order valence-corrected chi connectivity index (χ1v) is 6.20. The van der Waals surface area contributed by atoms with Gasteiger partial charge in [0.1, 0.15) is 0 Å². The van der Waals surface area contributed by atoms with Gasteiger partial charge in [0.25, 0.3) is 0 Å². The molecule has 0 heterocycles. The van der Waals surface area contributed by atoms with Crippen molar-refractivity contribution in [3.63, 3.8) is 0 Å². The zero-order chi connectivity index (χ0) is 10.1. The Labute approximate surface area is 86.6 Å². The zero-order valence-electron chi connectivity index (χ0n) is 9.08. The predicted molar refractivity (Wildman–Crippen MR) is 61.3 cm³/mol. The van der Waals surface area contributed by atoms with Gasteiger partial charge in [0.05, 0.1) is 6.61 Å². The number of ether oxygens (including phenoxy) is 1. The minimum atomic E-state index is 0.200. The Balaban J connectivity index is 3.24. The molecule has 0 aromatic carbocycles.